The summed E-state index contributed by atoms with van der Waals surface area (Å²) in [4.78, 5) is 2.70. The summed E-state index contributed by atoms with van der Waals surface area (Å²) in [6.45, 7) is 6.80. The summed E-state index contributed by atoms with van der Waals surface area (Å²) >= 11 is 1.82. The van der Waals surface area contributed by atoms with Gasteiger partial charge in [0.25, 0.3) is 0 Å². The van der Waals surface area contributed by atoms with Crippen molar-refractivity contribution in [3.63, 3.8) is 0 Å². The molecule has 0 amide bonds. The molecular weight excluding hydrogens is 232 g/mol. The van der Waals surface area contributed by atoms with Crippen molar-refractivity contribution < 1.29 is 0 Å². The molecule has 0 aromatic carbocycles. The van der Waals surface area contributed by atoms with Gasteiger partial charge in [-0.2, -0.15) is 0 Å². The third-order valence-corrected chi connectivity index (χ3v) is 3.80. The van der Waals surface area contributed by atoms with Gasteiger partial charge in [0.05, 0.1) is 18.3 Å². The van der Waals surface area contributed by atoms with Gasteiger partial charge < -0.3 is 5.73 Å². The van der Waals surface area contributed by atoms with Crippen LogP contribution in [0.25, 0.3) is 0 Å². The number of hydrogen-bond acceptors (Lipinski definition) is 4. The van der Waals surface area contributed by atoms with E-state index in [9.17, 15) is 0 Å². The highest BCUT2D eigenvalue weighted by atomic mass is 32.1. The van der Waals surface area contributed by atoms with Gasteiger partial charge in [0, 0.05) is 9.75 Å². The Morgan fingerprint density at radius 1 is 1.35 bits per heavy atom. The lowest BCUT2D eigenvalue weighted by Gasteiger charge is -2.13. The summed E-state index contributed by atoms with van der Waals surface area (Å²) < 4.78 is 1.84. The second kappa shape index (κ2) is 4.58. The molecule has 0 spiro atoms. The Balaban J connectivity index is 2.11. The maximum atomic E-state index is 5.98. The van der Waals surface area contributed by atoms with Gasteiger partial charge in [0.2, 0.25) is 0 Å². The standard InChI is InChI=1S/C12H18N4S/c1-4-9-5-6-10(17-9)7-16-8-11(14-15-16)12(2,3)13/h5-6,8H,4,7,13H2,1-3H3. The quantitative estimate of drug-likeness (QED) is 0.904. The molecule has 0 saturated heterocycles. The van der Waals surface area contributed by atoms with Crippen LogP contribution in [0.3, 0.4) is 0 Å². The highest BCUT2D eigenvalue weighted by Crippen LogP contribution is 2.18. The summed E-state index contributed by atoms with van der Waals surface area (Å²) in [5.74, 6) is 0. The number of thiophene rings is 1. The second-order valence-corrected chi connectivity index (χ2v) is 6.00. The summed E-state index contributed by atoms with van der Waals surface area (Å²) in [6.07, 6.45) is 3.01. The molecule has 0 atom stereocenters. The summed E-state index contributed by atoms with van der Waals surface area (Å²) in [5, 5.41) is 8.21. The van der Waals surface area contributed by atoms with Crippen LogP contribution in [0.4, 0.5) is 0 Å². The summed E-state index contributed by atoms with van der Waals surface area (Å²) in [5.41, 5.74) is 6.37. The SMILES string of the molecule is CCc1ccc(Cn2cc(C(C)(C)N)nn2)s1. The van der Waals surface area contributed by atoms with Gasteiger partial charge in [-0.05, 0) is 32.4 Å². The predicted molar refractivity (Wildman–Crippen MR) is 70.0 cm³/mol. The Kier molecular flexibility index (Phi) is 3.31. The molecule has 92 valence electrons. The van der Waals surface area contributed by atoms with E-state index in [-0.39, 0.29) is 0 Å². The Labute approximate surface area is 105 Å². The van der Waals surface area contributed by atoms with Crippen LogP contribution in [-0.2, 0) is 18.5 Å². The molecule has 2 rings (SSSR count). The maximum Gasteiger partial charge on any atom is 0.102 e. The molecular formula is C12H18N4S. The minimum atomic E-state index is -0.428. The summed E-state index contributed by atoms with van der Waals surface area (Å²) in [6, 6.07) is 4.32. The van der Waals surface area contributed by atoms with Gasteiger partial charge in [-0.25, -0.2) is 4.68 Å². The van der Waals surface area contributed by atoms with Crippen LogP contribution in [0.15, 0.2) is 18.3 Å². The van der Waals surface area contributed by atoms with Gasteiger partial charge in [0.1, 0.15) is 5.69 Å². The number of nitrogens with zero attached hydrogens (tertiary/aromatic N) is 3. The van der Waals surface area contributed by atoms with E-state index in [1.165, 1.54) is 9.75 Å². The zero-order valence-electron chi connectivity index (χ0n) is 10.5. The van der Waals surface area contributed by atoms with E-state index in [0.717, 1.165) is 18.7 Å². The highest BCUT2D eigenvalue weighted by Gasteiger charge is 2.18. The molecule has 2 aromatic rings. The van der Waals surface area contributed by atoms with E-state index in [0.29, 0.717) is 0 Å². The molecule has 0 unspecified atom stereocenters. The number of aromatic nitrogens is 3. The molecule has 0 aliphatic heterocycles. The van der Waals surface area contributed by atoms with Crippen LogP contribution in [0.2, 0.25) is 0 Å². The molecule has 4 nitrogen and oxygen atoms in total. The monoisotopic (exact) mass is 250 g/mol. The zero-order chi connectivity index (χ0) is 12.5. The van der Waals surface area contributed by atoms with Crippen molar-refractivity contribution in [2.75, 3.05) is 0 Å². The van der Waals surface area contributed by atoms with Crippen molar-refractivity contribution in [1.82, 2.24) is 15.0 Å². The average molecular weight is 250 g/mol. The van der Waals surface area contributed by atoms with Crippen molar-refractivity contribution in [2.24, 2.45) is 5.73 Å². The van der Waals surface area contributed by atoms with Crippen LogP contribution >= 0.6 is 11.3 Å². The fourth-order valence-electron chi connectivity index (χ4n) is 1.53. The topological polar surface area (TPSA) is 56.7 Å². The molecule has 2 aromatic heterocycles. The smallest absolute Gasteiger partial charge is 0.102 e. The van der Waals surface area contributed by atoms with Crippen molar-refractivity contribution in [1.29, 1.82) is 0 Å². The number of aryl methyl sites for hydroxylation is 1. The first-order valence-corrected chi connectivity index (χ1v) is 6.58. The Morgan fingerprint density at radius 2 is 2.06 bits per heavy atom. The molecule has 17 heavy (non-hydrogen) atoms. The first-order chi connectivity index (χ1) is 7.99. The predicted octanol–water partition coefficient (Wildman–Crippen LogP) is 2.14. The van der Waals surface area contributed by atoms with Crippen LogP contribution in [0.5, 0.6) is 0 Å². The normalized spacial score (nSPS) is 12.0. The Morgan fingerprint density at radius 3 is 2.59 bits per heavy atom. The van der Waals surface area contributed by atoms with Crippen LogP contribution < -0.4 is 5.73 Å². The van der Waals surface area contributed by atoms with Gasteiger partial charge >= 0.3 is 0 Å². The molecule has 0 aliphatic carbocycles. The van der Waals surface area contributed by atoms with E-state index >= 15 is 0 Å². The lowest BCUT2D eigenvalue weighted by Crippen LogP contribution is -2.29. The van der Waals surface area contributed by atoms with Gasteiger partial charge in [0.15, 0.2) is 0 Å². The molecule has 2 heterocycles. The third-order valence-electron chi connectivity index (χ3n) is 2.58. The number of nitrogens with two attached hydrogens (primary N) is 1. The molecule has 5 heteroatoms. The molecule has 0 aliphatic rings. The number of rotatable bonds is 4. The lowest BCUT2D eigenvalue weighted by atomic mass is 10.0. The minimum Gasteiger partial charge on any atom is -0.320 e. The fourth-order valence-corrected chi connectivity index (χ4v) is 2.48. The van der Waals surface area contributed by atoms with Gasteiger partial charge in [-0.15, -0.1) is 16.4 Å². The Bertz CT molecular complexity index is 493. The number of hydrogen-bond donors (Lipinski definition) is 1. The second-order valence-electron chi connectivity index (χ2n) is 4.74. The summed E-state index contributed by atoms with van der Waals surface area (Å²) in [7, 11) is 0. The molecule has 0 radical (unpaired) electrons. The lowest BCUT2D eigenvalue weighted by molar-refractivity contribution is 0.533. The van der Waals surface area contributed by atoms with E-state index in [1.807, 2.05) is 36.1 Å². The molecule has 0 saturated carbocycles. The van der Waals surface area contributed by atoms with E-state index in [4.69, 9.17) is 5.73 Å². The zero-order valence-corrected chi connectivity index (χ0v) is 11.3. The average Bonchev–Trinajstić information content (AvgIpc) is 2.86. The first-order valence-electron chi connectivity index (χ1n) is 5.76. The van der Waals surface area contributed by atoms with Crippen LogP contribution in [0, 0.1) is 0 Å². The van der Waals surface area contributed by atoms with Crippen LogP contribution in [-0.4, -0.2) is 15.0 Å². The maximum absolute atomic E-state index is 5.98. The first kappa shape index (κ1) is 12.3. The molecule has 0 fully saturated rings. The largest absolute Gasteiger partial charge is 0.320 e. The van der Waals surface area contributed by atoms with Gasteiger partial charge in [-0.3, -0.25) is 0 Å². The van der Waals surface area contributed by atoms with E-state index in [2.05, 4.69) is 29.4 Å². The van der Waals surface area contributed by atoms with Crippen molar-refractivity contribution in [3.8, 4) is 0 Å². The Hall–Kier alpha value is -1.20. The van der Waals surface area contributed by atoms with Crippen molar-refractivity contribution in [2.45, 2.75) is 39.3 Å². The highest BCUT2D eigenvalue weighted by molar-refractivity contribution is 7.11. The van der Waals surface area contributed by atoms with Gasteiger partial charge in [-0.1, -0.05) is 12.1 Å². The third kappa shape index (κ3) is 2.92. The van der Waals surface area contributed by atoms with Crippen LogP contribution in [0.1, 0.15) is 36.2 Å². The molecule has 2 N–H and O–H groups in total. The minimum absolute atomic E-state index is 0.428. The van der Waals surface area contributed by atoms with E-state index in [1.54, 1.807) is 0 Å². The van der Waals surface area contributed by atoms with Crippen molar-refractivity contribution in [3.05, 3.63) is 33.8 Å². The fraction of sp³-hybridized carbons (Fsp3) is 0.500. The molecule has 0 bridgehead atoms. The van der Waals surface area contributed by atoms with E-state index < -0.39 is 5.54 Å². The van der Waals surface area contributed by atoms with Crippen molar-refractivity contribution >= 4 is 11.3 Å².